The first-order valence-corrected chi connectivity index (χ1v) is 9.72. The second-order valence-electron chi connectivity index (χ2n) is 4.54. The minimum atomic E-state index is -3.42. The molecule has 0 spiro atoms. The summed E-state index contributed by atoms with van der Waals surface area (Å²) in [7, 11) is -3.42. The zero-order chi connectivity index (χ0) is 15.5. The van der Waals surface area contributed by atoms with Crippen molar-refractivity contribution in [1.82, 2.24) is 4.72 Å². The molecule has 0 bridgehead atoms. The number of rotatable bonds is 7. The van der Waals surface area contributed by atoms with E-state index in [0.717, 1.165) is 16.2 Å². The number of thiophene rings is 2. The first-order chi connectivity index (χ1) is 9.92. The van der Waals surface area contributed by atoms with Crippen LogP contribution in [0.25, 0.3) is 0 Å². The van der Waals surface area contributed by atoms with Crippen molar-refractivity contribution in [3.05, 3.63) is 38.9 Å². The number of carbonyl (C=O) groups is 1. The second-order valence-corrected chi connectivity index (χ2v) is 8.87. The van der Waals surface area contributed by atoms with Crippen LogP contribution in [0.15, 0.2) is 28.5 Å². The van der Waals surface area contributed by atoms with Crippen LogP contribution in [-0.2, 0) is 22.9 Å². The molecule has 0 aliphatic carbocycles. The van der Waals surface area contributed by atoms with Crippen LogP contribution in [0, 0.1) is 0 Å². The molecule has 21 heavy (non-hydrogen) atoms. The monoisotopic (exact) mass is 343 g/mol. The Morgan fingerprint density at radius 3 is 2.43 bits per heavy atom. The Kier molecular flexibility index (Phi) is 5.32. The molecule has 0 radical (unpaired) electrons. The highest BCUT2D eigenvalue weighted by Gasteiger charge is 2.16. The lowest BCUT2D eigenvalue weighted by molar-refractivity contribution is 0.102. The molecule has 0 atom stereocenters. The molecular formula is C14H17NO3S3. The fourth-order valence-electron chi connectivity index (χ4n) is 1.77. The summed E-state index contributed by atoms with van der Waals surface area (Å²) in [5, 5.41) is 0. The van der Waals surface area contributed by atoms with Crippen molar-refractivity contribution >= 4 is 38.5 Å². The molecule has 2 rings (SSSR count). The van der Waals surface area contributed by atoms with Gasteiger partial charge < -0.3 is 0 Å². The number of hydrogen-bond donors (Lipinski definition) is 1. The van der Waals surface area contributed by atoms with Gasteiger partial charge in [-0.05, 0) is 44.0 Å². The third-order valence-electron chi connectivity index (χ3n) is 2.92. The predicted molar refractivity (Wildman–Crippen MR) is 86.9 cm³/mol. The molecule has 0 unspecified atom stereocenters. The lowest BCUT2D eigenvalue weighted by Crippen LogP contribution is -2.25. The zero-order valence-electron chi connectivity index (χ0n) is 11.9. The van der Waals surface area contributed by atoms with Gasteiger partial charge in [0, 0.05) is 16.3 Å². The van der Waals surface area contributed by atoms with Gasteiger partial charge in [-0.3, -0.25) is 4.79 Å². The van der Waals surface area contributed by atoms with Gasteiger partial charge in [0.2, 0.25) is 10.0 Å². The fourth-order valence-corrected chi connectivity index (χ4v) is 5.05. The van der Waals surface area contributed by atoms with Crippen LogP contribution in [0.3, 0.4) is 0 Å². The maximum Gasteiger partial charge on any atom is 0.250 e. The lowest BCUT2D eigenvalue weighted by Gasteiger charge is -2.03. The standard InChI is InChI=1S/C14H17NO3S3/c1-3-11-5-7-14(20-11)21(17,18)15-9-8-12-4-6-13(19-12)10(2)16/h4-7,15H,3,8-9H2,1-2H3. The molecule has 2 heterocycles. The van der Waals surface area contributed by atoms with Crippen LogP contribution in [0.5, 0.6) is 0 Å². The van der Waals surface area contributed by atoms with E-state index in [2.05, 4.69) is 4.72 Å². The van der Waals surface area contributed by atoms with Crippen LogP contribution >= 0.6 is 22.7 Å². The van der Waals surface area contributed by atoms with Crippen LogP contribution in [0.1, 0.15) is 33.3 Å². The molecule has 0 saturated heterocycles. The highest BCUT2D eigenvalue weighted by molar-refractivity contribution is 7.91. The van der Waals surface area contributed by atoms with E-state index in [1.165, 1.54) is 29.6 Å². The Hall–Kier alpha value is -1.02. The Labute approximate surface area is 132 Å². The molecule has 2 aromatic heterocycles. The third kappa shape index (κ3) is 4.23. The number of sulfonamides is 1. The Morgan fingerprint density at radius 2 is 1.86 bits per heavy atom. The van der Waals surface area contributed by atoms with Crippen molar-refractivity contribution in [1.29, 1.82) is 0 Å². The van der Waals surface area contributed by atoms with Crippen molar-refractivity contribution < 1.29 is 13.2 Å². The van der Waals surface area contributed by atoms with Crippen LogP contribution in [0.2, 0.25) is 0 Å². The summed E-state index contributed by atoms with van der Waals surface area (Å²) >= 11 is 2.71. The first-order valence-electron chi connectivity index (χ1n) is 6.60. The van der Waals surface area contributed by atoms with Crippen molar-refractivity contribution in [2.45, 2.75) is 30.9 Å². The van der Waals surface area contributed by atoms with Crippen molar-refractivity contribution in [3.63, 3.8) is 0 Å². The molecule has 114 valence electrons. The van der Waals surface area contributed by atoms with Crippen molar-refractivity contribution in [3.8, 4) is 0 Å². The molecule has 0 saturated carbocycles. The number of hydrogen-bond acceptors (Lipinski definition) is 5. The van der Waals surface area contributed by atoms with Gasteiger partial charge in [-0.2, -0.15) is 0 Å². The van der Waals surface area contributed by atoms with E-state index >= 15 is 0 Å². The first kappa shape index (κ1) is 16.4. The summed E-state index contributed by atoms with van der Waals surface area (Å²) in [5.41, 5.74) is 0. The predicted octanol–water partition coefficient (Wildman–Crippen LogP) is 3.10. The molecule has 0 aliphatic rings. The van der Waals surface area contributed by atoms with Crippen molar-refractivity contribution in [2.24, 2.45) is 0 Å². The number of aryl methyl sites for hydroxylation is 1. The minimum Gasteiger partial charge on any atom is -0.294 e. The van der Waals surface area contributed by atoms with Gasteiger partial charge in [-0.25, -0.2) is 13.1 Å². The molecule has 7 heteroatoms. The van der Waals surface area contributed by atoms with E-state index in [9.17, 15) is 13.2 Å². The molecule has 0 aromatic carbocycles. The van der Waals surface area contributed by atoms with Crippen LogP contribution in [0.4, 0.5) is 0 Å². The summed E-state index contributed by atoms with van der Waals surface area (Å²) in [5.74, 6) is 0.0394. The van der Waals surface area contributed by atoms with Gasteiger partial charge in [-0.15, -0.1) is 22.7 Å². The van der Waals surface area contributed by atoms with E-state index < -0.39 is 10.0 Å². The largest absolute Gasteiger partial charge is 0.294 e. The normalized spacial score (nSPS) is 11.7. The van der Waals surface area contributed by atoms with E-state index in [1.54, 1.807) is 12.1 Å². The van der Waals surface area contributed by atoms with Gasteiger partial charge in [0.15, 0.2) is 5.78 Å². The Balaban J connectivity index is 1.93. The van der Waals surface area contributed by atoms with Gasteiger partial charge in [0.25, 0.3) is 0 Å². The van der Waals surface area contributed by atoms with Crippen LogP contribution in [-0.4, -0.2) is 20.7 Å². The Morgan fingerprint density at radius 1 is 1.14 bits per heavy atom. The van der Waals surface area contributed by atoms with Gasteiger partial charge in [0.1, 0.15) is 4.21 Å². The summed E-state index contributed by atoms with van der Waals surface area (Å²) < 4.78 is 27.2. The smallest absolute Gasteiger partial charge is 0.250 e. The van der Waals surface area contributed by atoms with Gasteiger partial charge in [-0.1, -0.05) is 6.92 Å². The summed E-state index contributed by atoms with van der Waals surface area (Å²) in [6.07, 6.45) is 1.42. The summed E-state index contributed by atoms with van der Waals surface area (Å²) in [4.78, 5) is 14.0. The zero-order valence-corrected chi connectivity index (χ0v) is 14.3. The number of ketones is 1. The number of carbonyl (C=O) groups excluding carboxylic acids is 1. The highest BCUT2D eigenvalue weighted by atomic mass is 32.2. The van der Waals surface area contributed by atoms with E-state index in [1.807, 2.05) is 19.1 Å². The topological polar surface area (TPSA) is 63.2 Å². The number of Topliss-reactive ketones (excluding diaryl/α,β-unsaturated/α-hetero) is 1. The quantitative estimate of drug-likeness (QED) is 0.786. The summed E-state index contributed by atoms with van der Waals surface area (Å²) in [6.45, 7) is 3.86. The van der Waals surface area contributed by atoms with E-state index in [-0.39, 0.29) is 5.78 Å². The Bertz CT molecular complexity index is 728. The maximum absolute atomic E-state index is 12.1. The average molecular weight is 343 g/mol. The second kappa shape index (κ2) is 6.83. The minimum absolute atomic E-state index is 0.0394. The van der Waals surface area contributed by atoms with E-state index in [4.69, 9.17) is 0 Å². The lowest BCUT2D eigenvalue weighted by atomic mass is 10.3. The maximum atomic E-state index is 12.1. The van der Waals surface area contributed by atoms with Crippen LogP contribution < -0.4 is 4.72 Å². The molecular weight excluding hydrogens is 326 g/mol. The SMILES string of the molecule is CCc1ccc(S(=O)(=O)NCCc2ccc(C(C)=O)s2)s1. The fraction of sp³-hybridized carbons (Fsp3) is 0.357. The summed E-state index contributed by atoms with van der Waals surface area (Å²) in [6, 6.07) is 7.14. The highest BCUT2D eigenvalue weighted by Crippen LogP contribution is 2.22. The molecule has 2 aromatic rings. The number of nitrogens with one attached hydrogen (secondary N) is 1. The van der Waals surface area contributed by atoms with E-state index in [0.29, 0.717) is 22.1 Å². The average Bonchev–Trinajstić information content (AvgIpc) is 3.07. The third-order valence-corrected chi connectivity index (χ3v) is 7.35. The molecule has 0 amide bonds. The van der Waals surface area contributed by atoms with Gasteiger partial charge >= 0.3 is 0 Å². The van der Waals surface area contributed by atoms with Gasteiger partial charge in [0.05, 0.1) is 4.88 Å². The molecule has 0 fully saturated rings. The molecule has 0 aliphatic heterocycles. The molecule has 1 N–H and O–H groups in total. The molecule has 4 nitrogen and oxygen atoms in total. The van der Waals surface area contributed by atoms with Crippen molar-refractivity contribution in [2.75, 3.05) is 6.54 Å².